The van der Waals surface area contributed by atoms with E-state index in [4.69, 9.17) is 0 Å². The van der Waals surface area contributed by atoms with E-state index in [1.165, 1.54) is 13.8 Å². The third-order valence-electron chi connectivity index (χ3n) is 2.52. The van der Waals surface area contributed by atoms with Gasteiger partial charge in [0.15, 0.2) is 0 Å². The third-order valence-corrected chi connectivity index (χ3v) is 2.52. The van der Waals surface area contributed by atoms with Crippen molar-refractivity contribution in [3.8, 4) is 0 Å². The molecule has 17 heavy (non-hydrogen) atoms. The molecule has 0 spiro atoms. The molecule has 0 saturated heterocycles. The van der Waals surface area contributed by atoms with Gasteiger partial charge in [-0.3, -0.25) is 9.59 Å². The zero-order chi connectivity index (χ0) is 13.2. The molecule has 0 amide bonds. The highest BCUT2D eigenvalue weighted by Gasteiger charge is 2.71. The first-order valence-corrected chi connectivity index (χ1v) is 5.24. The van der Waals surface area contributed by atoms with Gasteiger partial charge in [0, 0.05) is 0 Å². The van der Waals surface area contributed by atoms with E-state index in [0.29, 0.717) is 0 Å². The van der Waals surface area contributed by atoms with Crippen LogP contribution in [0.4, 0.5) is 13.2 Å². The minimum atomic E-state index is -4.59. The summed E-state index contributed by atoms with van der Waals surface area (Å²) in [6.07, 6.45) is -4.59. The molecular formula is C10H13F3O4. The van der Waals surface area contributed by atoms with Gasteiger partial charge in [-0.2, -0.15) is 13.2 Å². The van der Waals surface area contributed by atoms with Gasteiger partial charge in [0.1, 0.15) is 0 Å². The van der Waals surface area contributed by atoms with Crippen molar-refractivity contribution >= 4 is 11.9 Å². The van der Waals surface area contributed by atoms with E-state index in [9.17, 15) is 22.8 Å². The van der Waals surface area contributed by atoms with Gasteiger partial charge in [-0.15, -0.1) is 0 Å². The van der Waals surface area contributed by atoms with E-state index in [0.717, 1.165) is 0 Å². The molecule has 0 unspecified atom stereocenters. The normalized spacial score (nSPS) is 27.5. The Morgan fingerprint density at radius 3 is 1.59 bits per heavy atom. The molecule has 1 aliphatic carbocycles. The van der Waals surface area contributed by atoms with E-state index >= 15 is 0 Å². The predicted octanol–water partition coefficient (Wildman–Crippen LogP) is 1.54. The Morgan fingerprint density at radius 2 is 1.35 bits per heavy atom. The maximum absolute atomic E-state index is 12.5. The second kappa shape index (κ2) is 4.93. The van der Waals surface area contributed by atoms with Crippen LogP contribution in [-0.4, -0.2) is 31.3 Å². The highest BCUT2D eigenvalue weighted by molar-refractivity contribution is 5.88. The van der Waals surface area contributed by atoms with Crippen LogP contribution in [0, 0.1) is 17.8 Å². The van der Waals surface area contributed by atoms with Gasteiger partial charge >= 0.3 is 18.1 Å². The van der Waals surface area contributed by atoms with Gasteiger partial charge in [0.25, 0.3) is 0 Å². The van der Waals surface area contributed by atoms with E-state index < -0.39 is 35.9 Å². The average Bonchev–Trinajstić information content (AvgIpc) is 2.92. The number of rotatable bonds is 4. The molecule has 0 aromatic carbocycles. The topological polar surface area (TPSA) is 52.6 Å². The monoisotopic (exact) mass is 254 g/mol. The number of esters is 2. The molecule has 0 radical (unpaired) electrons. The highest BCUT2D eigenvalue weighted by Crippen LogP contribution is 2.56. The van der Waals surface area contributed by atoms with Crippen LogP contribution < -0.4 is 0 Å². The van der Waals surface area contributed by atoms with Crippen LogP contribution in [0.5, 0.6) is 0 Å². The molecule has 1 fully saturated rings. The van der Waals surface area contributed by atoms with Crippen molar-refractivity contribution < 1.29 is 32.2 Å². The molecule has 1 rings (SSSR count). The second-order valence-corrected chi connectivity index (χ2v) is 3.62. The Hall–Kier alpha value is -1.27. The lowest BCUT2D eigenvalue weighted by molar-refractivity contribution is -0.166. The zero-order valence-corrected chi connectivity index (χ0v) is 9.41. The Kier molecular flexibility index (Phi) is 4.00. The summed E-state index contributed by atoms with van der Waals surface area (Å²) in [6.45, 7) is 2.94. The molecule has 0 aliphatic heterocycles. The lowest BCUT2D eigenvalue weighted by Gasteiger charge is -2.04. The Morgan fingerprint density at radius 1 is 1.00 bits per heavy atom. The van der Waals surface area contributed by atoms with Crippen molar-refractivity contribution in [1.82, 2.24) is 0 Å². The molecule has 1 aliphatic rings. The van der Waals surface area contributed by atoms with Crippen LogP contribution in [-0.2, 0) is 19.1 Å². The Bertz CT molecular complexity index is 289. The fraction of sp³-hybridized carbons (Fsp3) is 0.800. The SMILES string of the molecule is CCOC(=O)[C@H]1C(C(F)(F)F)[C@@H]1C(=O)OCC. The Balaban J connectivity index is 2.75. The van der Waals surface area contributed by atoms with Crippen LogP contribution >= 0.6 is 0 Å². The molecule has 4 nitrogen and oxygen atoms in total. The summed E-state index contributed by atoms with van der Waals surface area (Å²) < 4.78 is 46.6. The first-order chi connectivity index (χ1) is 7.84. The zero-order valence-electron chi connectivity index (χ0n) is 9.41. The van der Waals surface area contributed by atoms with Crippen molar-refractivity contribution in [3.63, 3.8) is 0 Å². The first-order valence-electron chi connectivity index (χ1n) is 5.24. The van der Waals surface area contributed by atoms with Crippen molar-refractivity contribution in [2.24, 2.45) is 17.8 Å². The molecule has 98 valence electrons. The van der Waals surface area contributed by atoms with Gasteiger partial charge in [-0.05, 0) is 13.8 Å². The lowest BCUT2D eigenvalue weighted by atomic mass is 10.3. The molecule has 7 heteroatoms. The number of alkyl halides is 3. The summed E-state index contributed by atoms with van der Waals surface area (Å²) in [5.41, 5.74) is 0. The second-order valence-electron chi connectivity index (χ2n) is 3.62. The molecule has 2 atom stereocenters. The summed E-state index contributed by atoms with van der Waals surface area (Å²) in [6, 6.07) is 0. The van der Waals surface area contributed by atoms with E-state index in [1.54, 1.807) is 0 Å². The van der Waals surface area contributed by atoms with Crippen LogP contribution in [0.25, 0.3) is 0 Å². The number of hydrogen-bond acceptors (Lipinski definition) is 4. The highest BCUT2D eigenvalue weighted by atomic mass is 19.4. The molecule has 0 heterocycles. The van der Waals surface area contributed by atoms with Gasteiger partial charge in [-0.25, -0.2) is 0 Å². The third kappa shape index (κ3) is 2.89. The number of carbonyl (C=O) groups excluding carboxylic acids is 2. The van der Waals surface area contributed by atoms with Crippen molar-refractivity contribution in [1.29, 1.82) is 0 Å². The van der Waals surface area contributed by atoms with E-state index in [-0.39, 0.29) is 13.2 Å². The largest absolute Gasteiger partial charge is 0.466 e. The minimum Gasteiger partial charge on any atom is -0.466 e. The van der Waals surface area contributed by atoms with Crippen LogP contribution in [0.15, 0.2) is 0 Å². The molecule has 0 aromatic heterocycles. The minimum absolute atomic E-state index is 0.0184. The number of halogens is 3. The summed E-state index contributed by atoms with van der Waals surface area (Å²) in [5, 5.41) is 0. The van der Waals surface area contributed by atoms with Gasteiger partial charge < -0.3 is 9.47 Å². The average molecular weight is 254 g/mol. The summed E-state index contributed by atoms with van der Waals surface area (Å²) in [5.74, 6) is -6.86. The fourth-order valence-corrected chi connectivity index (χ4v) is 1.78. The first kappa shape index (κ1) is 13.8. The number of carbonyl (C=O) groups is 2. The maximum atomic E-state index is 12.5. The smallest absolute Gasteiger partial charge is 0.393 e. The van der Waals surface area contributed by atoms with Crippen LogP contribution in [0.1, 0.15) is 13.8 Å². The standard InChI is InChI=1S/C10H13F3O4/c1-3-16-8(14)5-6(9(15)17-4-2)7(5)10(11,12)13/h5-7H,3-4H2,1-2H3/t5-,6-/m1/s1. The number of hydrogen-bond donors (Lipinski definition) is 0. The van der Waals surface area contributed by atoms with Crippen molar-refractivity contribution in [2.75, 3.05) is 13.2 Å². The van der Waals surface area contributed by atoms with Gasteiger partial charge in [-0.1, -0.05) is 0 Å². The quantitative estimate of drug-likeness (QED) is 0.714. The summed E-state index contributed by atoms with van der Waals surface area (Å²) in [7, 11) is 0. The molecular weight excluding hydrogens is 241 g/mol. The predicted molar refractivity (Wildman–Crippen MR) is 49.8 cm³/mol. The van der Waals surface area contributed by atoms with Crippen LogP contribution in [0.3, 0.4) is 0 Å². The van der Waals surface area contributed by atoms with Gasteiger partial charge in [0.2, 0.25) is 0 Å². The fourth-order valence-electron chi connectivity index (χ4n) is 1.78. The van der Waals surface area contributed by atoms with Crippen molar-refractivity contribution in [3.05, 3.63) is 0 Å². The molecule has 1 saturated carbocycles. The molecule has 0 N–H and O–H groups in total. The maximum Gasteiger partial charge on any atom is 0.393 e. The Labute approximate surface area is 96.1 Å². The summed E-state index contributed by atoms with van der Waals surface area (Å²) in [4.78, 5) is 22.5. The van der Waals surface area contributed by atoms with Crippen LogP contribution in [0.2, 0.25) is 0 Å². The van der Waals surface area contributed by atoms with E-state index in [2.05, 4.69) is 9.47 Å². The van der Waals surface area contributed by atoms with Crippen molar-refractivity contribution in [2.45, 2.75) is 20.0 Å². The molecule has 0 aromatic rings. The molecule has 0 bridgehead atoms. The lowest BCUT2D eigenvalue weighted by Crippen LogP contribution is -2.17. The van der Waals surface area contributed by atoms with E-state index in [1.807, 2.05) is 0 Å². The number of ether oxygens (including phenoxy) is 2. The van der Waals surface area contributed by atoms with Gasteiger partial charge in [0.05, 0.1) is 31.0 Å². The summed E-state index contributed by atoms with van der Waals surface area (Å²) >= 11 is 0.